The van der Waals surface area contributed by atoms with Crippen LogP contribution in [0.15, 0.2) is 11.6 Å². The first kappa shape index (κ1) is 13.9. The number of fused-ring (bicyclic) bond motifs is 1. The summed E-state index contributed by atoms with van der Waals surface area (Å²) in [5, 5.41) is 16.2. The molecule has 0 radical (unpaired) electrons. The molecule has 0 spiro atoms. The van der Waals surface area contributed by atoms with E-state index in [0.29, 0.717) is 23.7 Å². The molecule has 2 aromatic rings. The fraction of sp³-hybridized carbons (Fsp3) is 0.545. The number of hydrogen-bond acceptors (Lipinski definition) is 6. The molecule has 1 unspecified atom stereocenters. The van der Waals surface area contributed by atoms with Crippen molar-refractivity contribution in [3.8, 4) is 0 Å². The number of imidazole rings is 1. The number of thiazole rings is 1. The largest absolute Gasteiger partial charge is 0.383 e. The number of hydrogen-bond donors (Lipinski definition) is 1. The smallest absolute Gasteiger partial charge is 0.351 e. The highest BCUT2D eigenvalue weighted by atomic mass is 32.1. The lowest BCUT2D eigenvalue weighted by Crippen LogP contribution is -2.35. The van der Waals surface area contributed by atoms with Crippen LogP contribution in [0.5, 0.6) is 0 Å². The van der Waals surface area contributed by atoms with Crippen molar-refractivity contribution >= 4 is 22.1 Å². The fourth-order valence-corrected chi connectivity index (χ4v) is 2.79. The highest BCUT2D eigenvalue weighted by molar-refractivity contribution is 7.15. The Morgan fingerprint density at radius 2 is 2.47 bits per heavy atom. The second-order valence-electron chi connectivity index (χ2n) is 4.11. The molecule has 0 aromatic carbocycles. The fourth-order valence-electron chi connectivity index (χ4n) is 2.06. The number of ether oxygens (including phenoxy) is 1. The van der Waals surface area contributed by atoms with Crippen LogP contribution in [0.25, 0.3) is 4.96 Å². The van der Waals surface area contributed by atoms with E-state index in [2.05, 4.69) is 10.3 Å². The van der Waals surface area contributed by atoms with E-state index in [1.165, 1.54) is 15.7 Å². The zero-order valence-electron chi connectivity index (χ0n) is 10.8. The monoisotopic (exact) mass is 284 g/mol. The molecule has 2 heterocycles. The summed E-state index contributed by atoms with van der Waals surface area (Å²) in [6.07, 6.45) is 2.15. The number of nitrogens with zero attached hydrogens (tertiary/aromatic N) is 3. The Hall–Kier alpha value is -1.51. The first-order valence-electron chi connectivity index (χ1n) is 5.98. The van der Waals surface area contributed by atoms with Crippen molar-refractivity contribution in [3.05, 3.63) is 27.4 Å². The van der Waals surface area contributed by atoms with Crippen LogP contribution in [-0.2, 0) is 11.2 Å². The van der Waals surface area contributed by atoms with E-state index in [4.69, 9.17) is 4.74 Å². The third-order valence-electron chi connectivity index (χ3n) is 2.78. The van der Waals surface area contributed by atoms with Crippen LogP contribution >= 0.6 is 11.3 Å². The van der Waals surface area contributed by atoms with Crippen LogP contribution in [0, 0.1) is 10.1 Å². The molecule has 8 heteroatoms. The van der Waals surface area contributed by atoms with Gasteiger partial charge in [0.15, 0.2) is 0 Å². The normalized spacial score (nSPS) is 12.9. The van der Waals surface area contributed by atoms with Crippen LogP contribution in [0.2, 0.25) is 0 Å². The maximum Gasteiger partial charge on any atom is 0.351 e. The molecule has 0 aliphatic rings. The number of nitro groups is 1. The molecule has 0 saturated heterocycles. The van der Waals surface area contributed by atoms with Crippen LogP contribution in [0.4, 0.5) is 5.82 Å². The minimum Gasteiger partial charge on any atom is -0.383 e. The molecule has 0 amide bonds. The number of methoxy groups -OCH3 is 1. The third kappa shape index (κ3) is 2.91. The Balaban J connectivity index is 2.30. The van der Waals surface area contributed by atoms with E-state index in [1.807, 2.05) is 6.92 Å². The second-order valence-corrected chi connectivity index (χ2v) is 4.98. The lowest BCUT2D eigenvalue weighted by Gasteiger charge is -2.15. The molecule has 0 bridgehead atoms. The van der Waals surface area contributed by atoms with Gasteiger partial charge in [-0.2, -0.15) is 9.38 Å². The predicted molar refractivity (Wildman–Crippen MR) is 72.8 cm³/mol. The minimum atomic E-state index is -0.377. The molecule has 1 N–H and O–H groups in total. The van der Waals surface area contributed by atoms with Gasteiger partial charge in [-0.3, -0.25) is 0 Å². The van der Waals surface area contributed by atoms with E-state index in [-0.39, 0.29) is 16.8 Å². The van der Waals surface area contributed by atoms with Crippen LogP contribution in [-0.4, -0.2) is 40.6 Å². The molecule has 0 saturated carbocycles. The van der Waals surface area contributed by atoms with Crippen LogP contribution < -0.4 is 5.32 Å². The van der Waals surface area contributed by atoms with Gasteiger partial charge in [-0.15, -0.1) is 0 Å². The van der Waals surface area contributed by atoms with Gasteiger partial charge in [0.05, 0.1) is 6.61 Å². The van der Waals surface area contributed by atoms with Gasteiger partial charge in [-0.1, -0.05) is 18.3 Å². The molecule has 104 valence electrons. The molecule has 0 aliphatic carbocycles. The summed E-state index contributed by atoms with van der Waals surface area (Å²) in [4.78, 5) is 15.8. The summed E-state index contributed by atoms with van der Waals surface area (Å²) in [6, 6.07) is 0.0262. The molecule has 2 aromatic heterocycles. The van der Waals surface area contributed by atoms with Gasteiger partial charge in [-0.05, 0) is 11.5 Å². The van der Waals surface area contributed by atoms with Crippen LogP contribution in [0.3, 0.4) is 0 Å². The minimum absolute atomic E-state index is 0.0262. The maximum atomic E-state index is 11.2. The molecule has 7 nitrogen and oxygen atoms in total. The average molecular weight is 284 g/mol. The van der Waals surface area contributed by atoms with E-state index in [0.717, 1.165) is 6.54 Å². The van der Waals surface area contributed by atoms with E-state index < -0.39 is 0 Å². The maximum absolute atomic E-state index is 11.2. The first-order valence-corrected chi connectivity index (χ1v) is 6.86. The van der Waals surface area contributed by atoms with Gasteiger partial charge < -0.3 is 20.2 Å². The summed E-state index contributed by atoms with van der Waals surface area (Å²) in [5.41, 5.74) is 0.500. The van der Waals surface area contributed by atoms with Crippen molar-refractivity contribution in [2.75, 3.05) is 20.3 Å². The summed E-state index contributed by atoms with van der Waals surface area (Å²) in [6.45, 7) is 3.27. The standard InChI is InChI=1S/C11H16N4O3S/c1-3-12-8(7-18-2)6-9-10(15(16)17)14-4-5-19-11(14)13-9/h4-5,8,12H,3,6-7H2,1-2H3. The quantitative estimate of drug-likeness (QED) is 0.615. The Labute approximate surface area is 114 Å². The van der Waals surface area contributed by atoms with Crippen molar-refractivity contribution in [2.45, 2.75) is 19.4 Å². The zero-order chi connectivity index (χ0) is 13.8. The predicted octanol–water partition coefficient (Wildman–Crippen LogP) is 1.47. The summed E-state index contributed by atoms with van der Waals surface area (Å²) >= 11 is 1.39. The second kappa shape index (κ2) is 6.09. The van der Waals surface area contributed by atoms with E-state index in [1.54, 1.807) is 18.7 Å². The topological polar surface area (TPSA) is 81.7 Å². The lowest BCUT2D eigenvalue weighted by molar-refractivity contribution is -0.391. The van der Waals surface area contributed by atoms with Crippen molar-refractivity contribution in [3.63, 3.8) is 0 Å². The van der Waals surface area contributed by atoms with Gasteiger partial charge in [0.2, 0.25) is 0 Å². The third-order valence-corrected chi connectivity index (χ3v) is 3.54. The number of aromatic nitrogens is 2. The lowest BCUT2D eigenvalue weighted by atomic mass is 10.1. The van der Waals surface area contributed by atoms with Gasteiger partial charge in [-0.25, -0.2) is 0 Å². The number of likely N-dealkylation sites (N-methyl/N-ethyl adjacent to an activating group) is 1. The number of nitrogens with one attached hydrogen (secondary N) is 1. The first-order chi connectivity index (χ1) is 9.17. The van der Waals surface area contributed by atoms with Gasteiger partial charge in [0.25, 0.3) is 4.96 Å². The van der Waals surface area contributed by atoms with E-state index >= 15 is 0 Å². The molecule has 0 aliphatic heterocycles. The van der Waals surface area contributed by atoms with Gasteiger partial charge >= 0.3 is 5.82 Å². The molecular weight excluding hydrogens is 268 g/mol. The molecule has 0 fully saturated rings. The molecule has 2 rings (SSSR count). The number of rotatable bonds is 7. The van der Waals surface area contributed by atoms with Crippen LogP contribution in [0.1, 0.15) is 12.6 Å². The summed E-state index contributed by atoms with van der Waals surface area (Å²) in [7, 11) is 1.62. The van der Waals surface area contributed by atoms with Crippen molar-refractivity contribution in [1.82, 2.24) is 14.7 Å². The summed E-state index contributed by atoms with van der Waals surface area (Å²) < 4.78 is 6.64. The highest BCUT2D eigenvalue weighted by Crippen LogP contribution is 2.24. The molecule has 1 atom stereocenters. The van der Waals surface area contributed by atoms with Crippen molar-refractivity contribution in [2.24, 2.45) is 0 Å². The van der Waals surface area contributed by atoms with Crippen molar-refractivity contribution < 1.29 is 9.66 Å². The molecular formula is C11H16N4O3S. The zero-order valence-corrected chi connectivity index (χ0v) is 11.6. The molecule has 19 heavy (non-hydrogen) atoms. The Morgan fingerprint density at radius 1 is 1.68 bits per heavy atom. The van der Waals surface area contributed by atoms with Gasteiger partial charge in [0, 0.05) is 25.0 Å². The SMILES string of the molecule is CCNC(COC)Cc1nc2sccn2c1[N+](=O)[O-]. The van der Waals surface area contributed by atoms with E-state index in [9.17, 15) is 10.1 Å². The Morgan fingerprint density at radius 3 is 3.11 bits per heavy atom. The summed E-state index contributed by atoms with van der Waals surface area (Å²) in [5.74, 6) is 0.0512. The van der Waals surface area contributed by atoms with Gasteiger partial charge in [0.1, 0.15) is 11.9 Å². The average Bonchev–Trinajstić information content (AvgIpc) is 2.88. The highest BCUT2D eigenvalue weighted by Gasteiger charge is 2.25. The Bertz CT molecular complexity index is 559. The van der Waals surface area contributed by atoms with Crippen molar-refractivity contribution in [1.29, 1.82) is 0 Å². The Kier molecular flexibility index (Phi) is 4.46.